The molecule has 0 heterocycles. The number of aliphatic hydroxyl groups is 1. The van der Waals surface area contributed by atoms with Gasteiger partial charge in [-0.15, -0.1) is 0 Å². The van der Waals surface area contributed by atoms with Crippen LogP contribution in [0.4, 0.5) is 0 Å². The van der Waals surface area contributed by atoms with Gasteiger partial charge in [-0.05, 0) is 106 Å². The summed E-state index contributed by atoms with van der Waals surface area (Å²) < 4.78 is 5.69. The molecule has 4 rings (SSSR count). The molecule has 1 N–H and O–H groups in total. The lowest BCUT2D eigenvalue weighted by atomic mass is 9.46. The lowest BCUT2D eigenvalue weighted by molar-refractivity contribution is -0.113. The van der Waals surface area contributed by atoms with Crippen LogP contribution < -0.4 is 0 Å². The highest BCUT2D eigenvalue weighted by Gasteiger charge is 2.62. The fraction of sp³-hybridized carbons (Fsp3) is 0.840. The van der Waals surface area contributed by atoms with Gasteiger partial charge in [0.2, 0.25) is 0 Å². The second-order valence-electron chi connectivity index (χ2n) is 11.2. The van der Waals surface area contributed by atoms with Crippen LogP contribution in [0.25, 0.3) is 0 Å². The van der Waals surface area contributed by atoms with Crippen molar-refractivity contribution < 1.29 is 9.84 Å². The van der Waals surface area contributed by atoms with E-state index in [4.69, 9.17) is 4.74 Å². The number of rotatable bonds is 4. The van der Waals surface area contributed by atoms with Crippen LogP contribution in [0.5, 0.6) is 0 Å². The Bertz CT molecular complexity index is 691. The maximum atomic E-state index is 11.2. The minimum Gasteiger partial charge on any atom is -0.501 e. The summed E-state index contributed by atoms with van der Waals surface area (Å²) in [7, 11) is 6.19. The van der Waals surface area contributed by atoms with Crippen LogP contribution in [0, 0.1) is 28.6 Å². The molecule has 28 heavy (non-hydrogen) atoms. The molecule has 0 spiro atoms. The van der Waals surface area contributed by atoms with Gasteiger partial charge in [0.05, 0.1) is 18.5 Å². The molecule has 0 unspecified atom stereocenters. The van der Waals surface area contributed by atoms with Crippen LogP contribution >= 0.6 is 0 Å². The van der Waals surface area contributed by atoms with Crippen LogP contribution in [0.1, 0.15) is 72.1 Å². The Morgan fingerprint density at radius 1 is 1.11 bits per heavy atom. The average molecular weight is 388 g/mol. The zero-order valence-electron chi connectivity index (χ0n) is 19.0. The number of fused-ring (bicyclic) bond motifs is 5. The Morgan fingerprint density at radius 3 is 2.50 bits per heavy atom. The molecule has 158 valence electrons. The molecule has 4 aliphatic carbocycles. The summed E-state index contributed by atoms with van der Waals surface area (Å²) in [5.41, 5.74) is 3.15. The number of hydrogen-bond acceptors (Lipinski definition) is 3. The first-order chi connectivity index (χ1) is 13.1. The van der Waals surface area contributed by atoms with E-state index in [1.165, 1.54) is 32.1 Å². The number of methoxy groups -OCH3 is 1. The number of hydrogen-bond donors (Lipinski definition) is 1. The molecule has 3 nitrogen and oxygen atoms in total. The maximum absolute atomic E-state index is 11.2. The predicted octanol–water partition coefficient (Wildman–Crippen LogP) is 5.16. The van der Waals surface area contributed by atoms with E-state index in [2.05, 4.69) is 45.8 Å². The quantitative estimate of drug-likeness (QED) is 0.723. The highest BCUT2D eigenvalue weighted by atomic mass is 16.5. The predicted molar refractivity (Wildman–Crippen MR) is 115 cm³/mol. The lowest BCUT2D eigenvalue weighted by Gasteiger charge is -2.59. The molecule has 6 atom stereocenters. The van der Waals surface area contributed by atoms with Crippen molar-refractivity contribution in [1.29, 1.82) is 0 Å². The van der Waals surface area contributed by atoms with Crippen molar-refractivity contribution in [3.63, 3.8) is 0 Å². The molecule has 0 aliphatic heterocycles. The van der Waals surface area contributed by atoms with Crippen LogP contribution in [0.15, 0.2) is 23.0 Å². The zero-order valence-corrected chi connectivity index (χ0v) is 19.0. The third-order valence-corrected chi connectivity index (χ3v) is 9.61. The smallest absolute Gasteiger partial charge is 0.0958 e. The number of ether oxygens (including phenoxy) is 1. The Hall–Kier alpha value is -0.800. The minimum absolute atomic E-state index is 0.0941. The van der Waals surface area contributed by atoms with E-state index in [1.54, 1.807) is 11.1 Å². The van der Waals surface area contributed by atoms with E-state index < -0.39 is 5.60 Å². The van der Waals surface area contributed by atoms with Crippen LogP contribution in [0.3, 0.4) is 0 Å². The average Bonchev–Trinajstić information content (AvgIpc) is 2.89. The van der Waals surface area contributed by atoms with Crippen molar-refractivity contribution in [2.75, 3.05) is 27.7 Å². The molecule has 0 amide bonds. The second-order valence-corrected chi connectivity index (χ2v) is 11.2. The fourth-order valence-electron chi connectivity index (χ4n) is 7.56. The van der Waals surface area contributed by atoms with Gasteiger partial charge < -0.3 is 14.7 Å². The van der Waals surface area contributed by atoms with E-state index in [0.717, 1.165) is 43.4 Å². The topological polar surface area (TPSA) is 32.7 Å². The van der Waals surface area contributed by atoms with Gasteiger partial charge in [0, 0.05) is 13.0 Å². The summed E-state index contributed by atoms with van der Waals surface area (Å²) in [6.45, 7) is 8.17. The third kappa shape index (κ3) is 2.91. The highest BCUT2D eigenvalue weighted by Crippen LogP contribution is 2.67. The molecule has 0 aromatic carbocycles. The molecular formula is C25H41NO2. The molecule has 2 saturated carbocycles. The Morgan fingerprint density at radius 2 is 1.82 bits per heavy atom. The van der Waals surface area contributed by atoms with Crippen molar-refractivity contribution in [3.05, 3.63) is 23.0 Å². The number of nitrogens with zero attached hydrogens (tertiary/aromatic N) is 1. The van der Waals surface area contributed by atoms with E-state index in [9.17, 15) is 5.11 Å². The van der Waals surface area contributed by atoms with Crippen molar-refractivity contribution in [2.24, 2.45) is 28.6 Å². The van der Waals surface area contributed by atoms with E-state index >= 15 is 0 Å². The van der Waals surface area contributed by atoms with Gasteiger partial charge in [-0.3, -0.25) is 0 Å². The van der Waals surface area contributed by atoms with Crippen LogP contribution in [-0.4, -0.2) is 43.4 Å². The van der Waals surface area contributed by atoms with E-state index in [0.29, 0.717) is 5.92 Å². The fourth-order valence-corrected chi connectivity index (χ4v) is 7.56. The second kappa shape index (κ2) is 6.87. The normalized spacial score (nSPS) is 45.4. The standard InChI is InChI=1S/C25H41NO2/c1-23-11-7-18(28-6)16-22(23)17(10-14-26(4)5)15-19-20(23)8-12-24(2)21(19)9-13-25(24,3)27/h16,19-21,27H,7-15H2,1-6H3/t19-,20+,21+,23-,24+,25+/m1/s1. The first kappa shape index (κ1) is 20.5. The zero-order chi connectivity index (χ0) is 20.3. The van der Waals surface area contributed by atoms with Gasteiger partial charge in [0.1, 0.15) is 0 Å². The molecular weight excluding hydrogens is 346 g/mol. The molecule has 3 heteroatoms. The molecule has 2 fully saturated rings. The number of allylic oxidation sites excluding steroid dienone is 3. The SMILES string of the molecule is COC1=CC2=C(CCN(C)C)C[C@@H]3[C@H](CC[C@@]4(C)[C@H]3CC[C@]4(C)O)[C@@]2(C)CC1. The van der Waals surface area contributed by atoms with E-state index in [-0.39, 0.29) is 10.8 Å². The molecule has 4 aliphatic rings. The summed E-state index contributed by atoms with van der Waals surface area (Å²) in [6.07, 6.45) is 11.7. The molecule has 0 aromatic heterocycles. The highest BCUT2D eigenvalue weighted by molar-refractivity contribution is 5.40. The van der Waals surface area contributed by atoms with Gasteiger partial charge in [-0.25, -0.2) is 0 Å². The van der Waals surface area contributed by atoms with Crippen molar-refractivity contribution in [3.8, 4) is 0 Å². The van der Waals surface area contributed by atoms with Crippen LogP contribution in [0.2, 0.25) is 0 Å². The maximum Gasteiger partial charge on any atom is 0.0958 e. The largest absolute Gasteiger partial charge is 0.501 e. The van der Waals surface area contributed by atoms with Gasteiger partial charge in [0.25, 0.3) is 0 Å². The van der Waals surface area contributed by atoms with Gasteiger partial charge in [0.15, 0.2) is 0 Å². The summed E-state index contributed by atoms with van der Waals surface area (Å²) in [5, 5.41) is 11.2. The van der Waals surface area contributed by atoms with Gasteiger partial charge in [-0.2, -0.15) is 0 Å². The molecule has 0 saturated heterocycles. The Balaban J connectivity index is 1.75. The van der Waals surface area contributed by atoms with E-state index in [1.807, 2.05) is 7.11 Å². The Kier molecular flexibility index (Phi) is 5.03. The monoisotopic (exact) mass is 387 g/mol. The first-order valence-electron chi connectivity index (χ1n) is 11.5. The third-order valence-electron chi connectivity index (χ3n) is 9.61. The molecule has 0 aromatic rings. The van der Waals surface area contributed by atoms with Gasteiger partial charge in [-0.1, -0.05) is 19.4 Å². The summed E-state index contributed by atoms with van der Waals surface area (Å²) in [5.74, 6) is 3.32. The summed E-state index contributed by atoms with van der Waals surface area (Å²) in [4.78, 5) is 2.31. The first-order valence-corrected chi connectivity index (χ1v) is 11.5. The van der Waals surface area contributed by atoms with Gasteiger partial charge >= 0.3 is 0 Å². The minimum atomic E-state index is -0.493. The van der Waals surface area contributed by atoms with Crippen LogP contribution in [-0.2, 0) is 4.74 Å². The summed E-state index contributed by atoms with van der Waals surface area (Å²) >= 11 is 0. The van der Waals surface area contributed by atoms with Crippen molar-refractivity contribution >= 4 is 0 Å². The lowest BCUT2D eigenvalue weighted by Crippen LogP contribution is -2.53. The Labute approximate surface area is 172 Å². The molecule has 0 bridgehead atoms. The summed E-state index contributed by atoms with van der Waals surface area (Å²) in [6, 6.07) is 0. The molecule has 0 radical (unpaired) electrons. The van der Waals surface area contributed by atoms with Crippen molar-refractivity contribution in [1.82, 2.24) is 4.90 Å². The van der Waals surface area contributed by atoms with Crippen molar-refractivity contribution in [2.45, 2.75) is 77.7 Å².